The summed E-state index contributed by atoms with van der Waals surface area (Å²) in [7, 11) is 3.55. The number of rotatable bonds is 2. The summed E-state index contributed by atoms with van der Waals surface area (Å²) < 4.78 is 0. The lowest BCUT2D eigenvalue weighted by molar-refractivity contribution is -0.385. The molecule has 0 unspecified atom stereocenters. The molecule has 0 aliphatic rings. The minimum atomic E-state index is -0.609. The zero-order chi connectivity index (χ0) is 10.0. The average Bonchev–Trinajstić information content (AvgIpc) is 2.04. The number of phenolic OH excluding ortho intramolecular Hbond substituents is 1. The molecule has 1 aromatic rings. The highest BCUT2D eigenvalue weighted by Crippen LogP contribution is 2.29. The third-order valence-electron chi connectivity index (χ3n) is 1.67. The maximum absolute atomic E-state index is 10.4. The number of hydrogen-bond acceptors (Lipinski definition) is 4. The van der Waals surface area contributed by atoms with Gasteiger partial charge in [-0.3, -0.25) is 10.1 Å². The van der Waals surface area contributed by atoms with Crippen molar-refractivity contribution >= 4 is 11.4 Å². The Morgan fingerprint density at radius 3 is 2.54 bits per heavy atom. The van der Waals surface area contributed by atoms with E-state index in [-0.39, 0.29) is 11.4 Å². The normalized spacial score (nSPS) is 9.69. The van der Waals surface area contributed by atoms with Gasteiger partial charge in [-0.1, -0.05) is 0 Å². The summed E-state index contributed by atoms with van der Waals surface area (Å²) >= 11 is 0. The van der Waals surface area contributed by atoms with Crippen LogP contribution in [-0.4, -0.2) is 24.1 Å². The molecular formula is C8H10N2O3. The van der Waals surface area contributed by atoms with Gasteiger partial charge in [-0.25, -0.2) is 0 Å². The van der Waals surface area contributed by atoms with Crippen molar-refractivity contribution in [2.75, 3.05) is 19.0 Å². The van der Waals surface area contributed by atoms with E-state index in [1.54, 1.807) is 25.1 Å². The Morgan fingerprint density at radius 1 is 1.46 bits per heavy atom. The number of hydrogen-bond donors (Lipinski definition) is 1. The number of nitro groups is 1. The molecule has 0 aliphatic heterocycles. The third-order valence-corrected chi connectivity index (χ3v) is 1.67. The maximum atomic E-state index is 10.4. The van der Waals surface area contributed by atoms with Gasteiger partial charge in [-0.2, -0.15) is 0 Å². The van der Waals surface area contributed by atoms with E-state index >= 15 is 0 Å². The van der Waals surface area contributed by atoms with Crippen LogP contribution in [0, 0.1) is 10.1 Å². The first-order valence-electron chi connectivity index (χ1n) is 3.67. The molecule has 0 aromatic heterocycles. The largest absolute Gasteiger partial charge is 0.502 e. The first kappa shape index (κ1) is 9.31. The van der Waals surface area contributed by atoms with Gasteiger partial charge in [0.2, 0.25) is 0 Å². The van der Waals surface area contributed by atoms with E-state index in [1.807, 2.05) is 0 Å². The number of aromatic hydroxyl groups is 1. The van der Waals surface area contributed by atoms with Crippen LogP contribution >= 0.6 is 0 Å². The zero-order valence-corrected chi connectivity index (χ0v) is 7.39. The van der Waals surface area contributed by atoms with Gasteiger partial charge in [0, 0.05) is 25.8 Å². The lowest BCUT2D eigenvalue weighted by Crippen LogP contribution is -2.08. The Morgan fingerprint density at radius 2 is 2.08 bits per heavy atom. The Hall–Kier alpha value is -1.78. The molecule has 1 rings (SSSR count). The molecule has 0 saturated heterocycles. The molecule has 5 heteroatoms. The van der Waals surface area contributed by atoms with Crippen LogP contribution in [0.5, 0.6) is 5.75 Å². The first-order chi connectivity index (χ1) is 6.02. The van der Waals surface area contributed by atoms with E-state index < -0.39 is 4.92 Å². The topological polar surface area (TPSA) is 66.6 Å². The Labute approximate surface area is 75.4 Å². The quantitative estimate of drug-likeness (QED) is 0.554. The fourth-order valence-electron chi connectivity index (χ4n) is 0.936. The number of nitrogens with zero attached hydrogens (tertiary/aromatic N) is 2. The van der Waals surface area contributed by atoms with Crippen molar-refractivity contribution in [3.8, 4) is 5.75 Å². The van der Waals surface area contributed by atoms with Gasteiger partial charge in [0.15, 0.2) is 5.75 Å². The average molecular weight is 182 g/mol. The van der Waals surface area contributed by atoms with Crippen LogP contribution in [0.15, 0.2) is 18.2 Å². The Balaban J connectivity index is 3.19. The van der Waals surface area contributed by atoms with Gasteiger partial charge in [0.05, 0.1) is 4.92 Å². The smallest absolute Gasteiger partial charge is 0.312 e. The van der Waals surface area contributed by atoms with Crippen molar-refractivity contribution in [2.45, 2.75) is 0 Å². The van der Waals surface area contributed by atoms with Crippen molar-refractivity contribution in [1.29, 1.82) is 0 Å². The highest BCUT2D eigenvalue weighted by Gasteiger charge is 2.13. The van der Waals surface area contributed by atoms with Gasteiger partial charge >= 0.3 is 5.69 Å². The van der Waals surface area contributed by atoms with Crippen LogP contribution in [-0.2, 0) is 0 Å². The lowest BCUT2D eigenvalue weighted by Gasteiger charge is -2.11. The summed E-state index contributed by atoms with van der Waals surface area (Å²) in [4.78, 5) is 11.5. The summed E-state index contributed by atoms with van der Waals surface area (Å²) in [5.41, 5.74) is 0.413. The van der Waals surface area contributed by atoms with Crippen molar-refractivity contribution in [1.82, 2.24) is 0 Å². The monoisotopic (exact) mass is 182 g/mol. The lowest BCUT2D eigenvalue weighted by atomic mass is 10.2. The molecule has 5 nitrogen and oxygen atoms in total. The third kappa shape index (κ3) is 1.87. The molecule has 0 heterocycles. The minimum absolute atomic E-state index is 0.272. The van der Waals surface area contributed by atoms with Crippen molar-refractivity contribution in [3.05, 3.63) is 28.3 Å². The summed E-state index contributed by atoms with van der Waals surface area (Å²) in [5.74, 6) is -0.310. The van der Waals surface area contributed by atoms with E-state index in [2.05, 4.69) is 0 Å². The van der Waals surface area contributed by atoms with E-state index in [0.717, 1.165) is 0 Å². The SMILES string of the molecule is CN(C)c1ccc(O)c([N+](=O)[O-])c1. The van der Waals surface area contributed by atoms with Crippen LogP contribution in [0.4, 0.5) is 11.4 Å². The van der Waals surface area contributed by atoms with Gasteiger partial charge in [-0.15, -0.1) is 0 Å². The molecule has 13 heavy (non-hydrogen) atoms. The fraction of sp³-hybridized carbons (Fsp3) is 0.250. The van der Waals surface area contributed by atoms with E-state index in [4.69, 9.17) is 5.11 Å². The molecule has 0 bridgehead atoms. The molecule has 0 spiro atoms. The van der Waals surface area contributed by atoms with E-state index in [9.17, 15) is 10.1 Å². The molecule has 70 valence electrons. The molecular weight excluding hydrogens is 172 g/mol. The van der Waals surface area contributed by atoms with Crippen LogP contribution < -0.4 is 4.90 Å². The second kappa shape index (κ2) is 3.30. The number of anilines is 1. The molecule has 0 saturated carbocycles. The second-order valence-electron chi connectivity index (χ2n) is 2.82. The molecule has 0 radical (unpaired) electrons. The highest BCUT2D eigenvalue weighted by molar-refractivity contribution is 5.58. The molecule has 0 fully saturated rings. The van der Waals surface area contributed by atoms with Crippen LogP contribution in [0.25, 0.3) is 0 Å². The van der Waals surface area contributed by atoms with Crippen molar-refractivity contribution in [2.24, 2.45) is 0 Å². The van der Waals surface area contributed by atoms with Crippen LogP contribution in [0.2, 0.25) is 0 Å². The minimum Gasteiger partial charge on any atom is -0.502 e. The van der Waals surface area contributed by atoms with Gasteiger partial charge in [0.1, 0.15) is 0 Å². The van der Waals surface area contributed by atoms with Crippen LogP contribution in [0.3, 0.4) is 0 Å². The summed E-state index contributed by atoms with van der Waals surface area (Å²) in [6.45, 7) is 0. The van der Waals surface area contributed by atoms with E-state index in [1.165, 1.54) is 12.1 Å². The summed E-state index contributed by atoms with van der Waals surface area (Å²) in [6, 6.07) is 4.26. The Bertz CT molecular complexity index is 336. The predicted molar refractivity (Wildman–Crippen MR) is 49.1 cm³/mol. The summed E-state index contributed by atoms with van der Waals surface area (Å²) in [6.07, 6.45) is 0. The number of benzene rings is 1. The Kier molecular flexibility index (Phi) is 2.36. The van der Waals surface area contributed by atoms with Crippen molar-refractivity contribution < 1.29 is 10.0 Å². The maximum Gasteiger partial charge on any atom is 0.312 e. The molecule has 1 aromatic carbocycles. The summed E-state index contributed by atoms with van der Waals surface area (Å²) in [5, 5.41) is 19.6. The number of nitro benzene ring substituents is 1. The molecule has 0 amide bonds. The molecule has 0 aliphatic carbocycles. The second-order valence-corrected chi connectivity index (χ2v) is 2.82. The highest BCUT2D eigenvalue weighted by atomic mass is 16.6. The zero-order valence-electron chi connectivity index (χ0n) is 7.39. The van der Waals surface area contributed by atoms with Gasteiger partial charge in [-0.05, 0) is 12.1 Å². The van der Waals surface area contributed by atoms with Gasteiger partial charge < -0.3 is 10.0 Å². The molecule has 0 atom stereocenters. The standard InChI is InChI=1S/C8H10N2O3/c1-9(2)6-3-4-8(11)7(5-6)10(12)13/h3-5,11H,1-2H3. The fourth-order valence-corrected chi connectivity index (χ4v) is 0.936. The van der Waals surface area contributed by atoms with Crippen molar-refractivity contribution in [3.63, 3.8) is 0 Å². The van der Waals surface area contributed by atoms with Gasteiger partial charge in [0.25, 0.3) is 0 Å². The molecule has 1 N–H and O–H groups in total. The number of phenols is 1. The first-order valence-corrected chi connectivity index (χ1v) is 3.67. The van der Waals surface area contributed by atoms with Crippen LogP contribution in [0.1, 0.15) is 0 Å². The van der Waals surface area contributed by atoms with E-state index in [0.29, 0.717) is 5.69 Å². The predicted octanol–water partition coefficient (Wildman–Crippen LogP) is 1.37.